The Morgan fingerprint density at radius 3 is 2.62 bits per heavy atom. The van der Waals surface area contributed by atoms with Crippen LogP contribution in [0.25, 0.3) is 0 Å². The lowest BCUT2D eigenvalue weighted by Gasteiger charge is -2.27. The molecule has 122 valence electrons. The first-order valence-corrected chi connectivity index (χ1v) is 7.79. The number of allylic oxidation sites excluding steroid dienone is 1. The SMILES string of the molecule is Cn1c2c(c(=O)n(C)c1=O)C(c1cccc(Br)c1)C(C#N)=C(N)O2. The molecule has 1 atom stereocenters. The Labute approximate surface area is 145 Å². The van der Waals surface area contributed by atoms with E-state index < -0.39 is 17.2 Å². The first-order valence-electron chi connectivity index (χ1n) is 6.99. The molecule has 8 heteroatoms. The lowest BCUT2D eigenvalue weighted by Crippen LogP contribution is -2.42. The predicted molar refractivity (Wildman–Crippen MR) is 90.4 cm³/mol. The summed E-state index contributed by atoms with van der Waals surface area (Å²) in [7, 11) is 2.87. The van der Waals surface area contributed by atoms with Crippen molar-refractivity contribution in [2.75, 3.05) is 0 Å². The van der Waals surface area contributed by atoms with Crippen molar-refractivity contribution < 1.29 is 4.74 Å². The summed E-state index contributed by atoms with van der Waals surface area (Å²) >= 11 is 3.38. The van der Waals surface area contributed by atoms with Gasteiger partial charge in [-0.15, -0.1) is 0 Å². The van der Waals surface area contributed by atoms with Crippen LogP contribution in [0, 0.1) is 11.3 Å². The number of hydrogen-bond donors (Lipinski definition) is 1. The van der Waals surface area contributed by atoms with E-state index in [4.69, 9.17) is 10.5 Å². The fraction of sp³-hybridized carbons (Fsp3) is 0.188. The number of nitrogens with two attached hydrogens (primary N) is 1. The zero-order valence-electron chi connectivity index (χ0n) is 12.9. The maximum Gasteiger partial charge on any atom is 0.333 e. The molecule has 3 rings (SSSR count). The van der Waals surface area contributed by atoms with E-state index in [0.717, 1.165) is 9.04 Å². The molecule has 1 aromatic carbocycles. The quantitative estimate of drug-likeness (QED) is 0.786. The van der Waals surface area contributed by atoms with E-state index in [0.29, 0.717) is 5.56 Å². The Bertz CT molecular complexity index is 1040. The zero-order valence-corrected chi connectivity index (χ0v) is 14.5. The molecule has 2 heterocycles. The van der Waals surface area contributed by atoms with Crippen molar-refractivity contribution >= 4 is 15.9 Å². The Morgan fingerprint density at radius 2 is 2.00 bits per heavy atom. The Balaban J connectivity index is 2.44. The molecular weight excluding hydrogens is 376 g/mol. The molecule has 0 radical (unpaired) electrons. The first kappa shape index (κ1) is 16.1. The van der Waals surface area contributed by atoms with Gasteiger partial charge in [0.2, 0.25) is 11.8 Å². The van der Waals surface area contributed by atoms with E-state index in [2.05, 4.69) is 15.9 Å². The van der Waals surface area contributed by atoms with Gasteiger partial charge in [-0.05, 0) is 17.7 Å². The minimum absolute atomic E-state index is 0.0598. The summed E-state index contributed by atoms with van der Waals surface area (Å²) in [5.41, 5.74) is 5.88. The molecule has 2 aromatic rings. The van der Waals surface area contributed by atoms with Crippen LogP contribution < -0.4 is 21.7 Å². The molecule has 1 unspecified atom stereocenters. The van der Waals surface area contributed by atoms with Crippen LogP contribution in [0.1, 0.15) is 17.0 Å². The number of fused-ring (bicyclic) bond motifs is 1. The number of hydrogen-bond acceptors (Lipinski definition) is 5. The Morgan fingerprint density at radius 1 is 1.29 bits per heavy atom. The number of nitrogens with zero attached hydrogens (tertiary/aromatic N) is 3. The van der Waals surface area contributed by atoms with E-state index in [1.54, 1.807) is 18.2 Å². The second kappa shape index (κ2) is 5.69. The van der Waals surface area contributed by atoms with E-state index in [-0.39, 0.29) is 22.9 Å². The highest BCUT2D eigenvalue weighted by Gasteiger charge is 2.35. The van der Waals surface area contributed by atoms with Crippen LogP contribution in [0.4, 0.5) is 0 Å². The van der Waals surface area contributed by atoms with Gasteiger partial charge in [0.1, 0.15) is 11.6 Å². The standard InChI is InChI=1S/C16H13BrN4O3/c1-20-14(22)12-11(8-4-3-5-9(17)6-8)10(7-18)13(19)24-15(12)21(2)16(20)23/h3-6,11H,19H2,1-2H3. The van der Waals surface area contributed by atoms with E-state index in [9.17, 15) is 14.9 Å². The normalized spacial score (nSPS) is 16.3. The average molecular weight is 389 g/mol. The van der Waals surface area contributed by atoms with Gasteiger partial charge in [-0.3, -0.25) is 13.9 Å². The van der Waals surface area contributed by atoms with Crippen LogP contribution in [-0.4, -0.2) is 9.13 Å². The summed E-state index contributed by atoms with van der Waals surface area (Å²) in [6, 6.07) is 9.25. The van der Waals surface area contributed by atoms with Crippen molar-refractivity contribution in [1.82, 2.24) is 9.13 Å². The lowest BCUT2D eigenvalue weighted by molar-refractivity contribution is 0.348. The molecule has 0 fully saturated rings. The number of halogens is 1. The molecule has 0 aliphatic carbocycles. The number of rotatable bonds is 1. The second-order valence-corrected chi connectivity index (χ2v) is 6.32. The Hall–Kier alpha value is -2.79. The summed E-state index contributed by atoms with van der Waals surface area (Å²) in [6.45, 7) is 0. The molecular formula is C16H13BrN4O3. The lowest BCUT2D eigenvalue weighted by atomic mass is 9.85. The van der Waals surface area contributed by atoms with Gasteiger partial charge in [0, 0.05) is 18.6 Å². The van der Waals surface area contributed by atoms with Gasteiger partial charge in [0.15, 0.2) is 0 Å². The molecule has 7 nitrogen and oxygen atoms in total. The van der Waals surface area contributed by atoms with Crippen LogP contribution in [-0.2, 0) is 14.1 Å². The van der Waals surface area contributed by atoms with Crippen molar-refractivity contribution in [2.24, 2.45) is 19.8 Å². The van der Waals surface area contributed by atoms with Gasteiger partial charge < -0.3 is 10.5 Å². The Kier molecular flexibility index (Phi) is 3.81. The van der Waals surface area contributed by atoms with Crippen molar-refractivity contribution in [3.05, 3.63) is 72.2 Å². The van der Waals surface area contributed by atoms with Crippen molar-refractivity contribution in [1.29, 1.82) is 5.26 Å². The van der Waals surface area contributed by atoms with Gasteiger partial charge >= 0.3 is 5.69 Å². The molecule has 0 amide bonds. The van der Waals surface area contributed by atoms with Gasteiger partial charge in [0.05, 0.1) is 11.5 Å². The number of nitriles is 1. The van der Waals surface area contributed by atoms with Crippen LogP contribution in [0.2, 0.25) is 0 Å². The highest BCUT2D eigenvalue weighted by molar-refractivity contribution is 9.10. The van der Waals surface area contributed by atoms with E-state index >= 15 is 0 Å². The molecule has 2 N–H and O–H groups in total. The van der Waals surface area contributed by atoms with Crippen LogP contribution in [0.15, 0.2) is 49.8 Å². The fourth-order valence-electron chi connectivity index (χ4n) is 2.81. The molecule has 1 aliphatic heterocycles. The summed E-state index contributed by atoms with van der Waals surface area (Å²) in [4.78, 5) is 24.8. The van der Waals surface area contributed by atoms with Crippen LogP contribution in [0.3, 0.4) is 0 Å². The maximum atomic E-state index is 12.7. The number of aromatic nitrogens is 2. The highest BCUT2D eigenvalue weighted by Crippen LogP contribution is 2.39. The highest BCUT2D eigenvalue weighted by atomic mass is 79.9. The first-order chi connectivity index (χ1) is 11.4. The summed E-state index contributed by atoms with van der Waals surface area (Å²) in [5.74, 6) is -0.760. The summed E-state index contributed by atoms with van der Waals surface area (Å²) in [6.07, 6.45) is 0. The molecule has 0 saturated heterocycles. The maximum absolute atomic E-state index is 12.7. The molecule has 1 aromatic heterocycles. The zero-order chi connectivity index (χ0) is 17.6. The van der Waals surface area contributed by atoms with Crippen molar-refractivity contribution in [2.45, 2.75) is 5.92 Å². The average Bonchev–Trinajstić information content (AvgIpc) is 2.57. The topological polar surface area (TPSA) is 103 Å². The smallest absolute Gasteiger partial charge is 0.333 e. The van der Waals surface area contributed by atoms with Crippen LogP contribution >= 0.6 is 15.9 Å². The third kappa shape index (κ3) is 2.25. The van der Waals surface area contributed by atoms with Gasteiger partial charge in [-0.2, -0.15) is 5.26 Å². The summed E-state index contributed by atoms with van der Waals surface area (Å²) < 4.78 is 8.44. The molecule has 1 aliphatic rings. The third-order valence-electron chi connectivity index (χ3n) is 4.00. The summed E-state index contributed by atoms with van der Waals surface area (Å²) in [5, 5.41) is 9.52. The number of ether oxygens (including phenoxy) is 1. The van der Waals surface area contributed by atoms with E-state index in [1.807, 2.05) is 12.1 Å². The number of benzene rings is 1. The van der Waals surface area contributed by atoms with Gasteiger partial charge in [0.25, 0.3) is 5.56 Å². The minimum atomic E-state index is -0.707. The largest absolute Gasteiger partial charge is 0.423 e. The second-order valence-electron chi connectivity index (χ2n) is 5.40. The van der Waals surface area contributed by atoms with Crippen molar-refractivity contribution in [3.63, 3.8) is 0 Å². The molecule has 0 spiro atoms. The monoisotopic (exact) mass is 388 g/mol. The van der Waals surface area contributed by atoms with E-state index in [1.165, 1.54) is 18.7 Å². The molecule has 0 saturated carbocycles. The third-order valence-corrected chi connectivity index (χ3v) is 4.49. The molecule has 24 heavy (non-hydrogen) atoms. The van der Waals surface area contributed by atoms with Crippen molar-refractivity contribution in [3.8, 4) is 11.9 Å². The van der Waals surface area contributed by atoms with Gasteiger partial charge in [-0.25, -0.2) is 4.79 Å². The molecule has 0 bridgehead atoms. The fourth-order valence-corrected chi connectivity index (χ4v) is 3.22. The van der Waals surface area contributed by atoms with Crippen LogP contribution in [0.5, 0.6) is 5.88 Å². The minimum Gasteiger partial charge on any atom is -0.423 e. The predicted octanol–water partition coefficient (Wildman–Crippen LogP) is 1.06. The van der Waals surface area contributed by atoms with Gasteiger partial charge in [-0.1, -0.05) is 28.1 Å².